The van der Waals surface area contributed by atoms with Crippen molar-refractivity contribution in [3.8, 4) is 11.5 Å². The molecule has 2 heterocycles. The average Bonchev–Trinajstić information content (AvgIpc) is 2.94. The van der Waals surface area contributed by atoms with Crippen LogP contribution in [-0.4, -0.2) is 32.0 Å². The smallest absolute Gasteiger partial charge is 0.279 e. The average molecular weight is 395 g/mol. The van der Waals surface area contributed by atoms with Gasteiger partial charge in [-0.05, 0) is 26.0 Å². The summed E-state index contributed by atoms with van der Waals surface area (Å²) in [5, 5.41) is 0. The lowest BCUT2D eigenvalue weighted by Crippen LogP contribution is -2.27. The van der Waals surface area contributed by atoms with E-state index in [0.717, 1.165) is 4.88 Å². The quantitative estimate of drug-likeness (QED) is 0.711. The predicted octanol–water partition coefficient (Wildman–Crippen LogP) is 2.19. The second kappa shape index (κ2) is 6.61. The van der Waals surface area contributed by atoms with Crippen molar-refractivity contribution in [2.45, 2.75) is 18.7 Å². The van der Waals surface area contributed by atoms with Gasteiger partial charge < -0.3 is 9.47 Å². The third-order valence-corrected chi connectivity index (χ3v) is 6.09. The Bertz CT molecular complexity index is 1150. The summed E-state index contributed by atoms with van der Waals surface area (Å²) in [6.07, 6.45) is 1.57. The molecule has 0 amide bonds. The molecule has 1 N–H and O–H groups in total. The molecule has 0 unspecified atom stereocenters. The number of aryl methyl sites for hydroxylation is 2. The highest BCUT2D eigenvalue weighted by molar-refractivity contribution is 7.92. The van der Waals surface area contributed by atoms with Gasteiger partial charge in [0.15, 0.2) is 9.86 Å². The van der Waals surface area contributed by atoms with Gasteiger partial charge in [-0.2, -0.15) is 0 Å². The highest BCUT2D eigenvalue weighted by atomic mass is 32.2. The summed E-state index contributed by atoms with van der Waals surface area (Å²) in [5.74, 6) is 0.742. The van der Waals surface area contributed by atoms with Crippen LogP contribution in [0.5, 0.6) is 11.5 Å². The summed E-state index contributed by atoms with van der Waals surface area (Å²) in [4.78, 5) is 17.9. The monoisotopic (exact) mass is 395 g/mol. The molecule has 0 radical (unpaired) electrons. The highest BCUT2D eigenvalue weighted by Gasteiger charge is 2.26. The lowest BCUT2D eigenvalue weighted by atomic mass is 10.3. The zero-order chi connectivity index (χ0) is 19.1. The van der Waals surface area contributed by atoms with Gasteiger partial charge in [-0.3, -0.25) is 13.9 Å². The molecular weight excluding hydrogens is 378 g/mol. The zero-order valence-electron chi connectivity index (χ0n) is 14.6. The molecule has 0 aliphatic rings. The van der Waals surface area contributed by atoms with Crippen LogP contribution in [0.1, 0.15) is 10.6 Å². The van der Waals surface area contributed by atoms with Crippen molar-refractivity contribution in [3.63, 3.8) is 0 Å². The van der Waals surface area contributed by atoms with Gasteiger partial charge in [-0.15, -0.1) is 11.3 Å². The standard InChI is InChI=1S/C16H17N3O5S2/c1-9-8-19-15(20)14(10(2)17-16(19)25-9)26(21,22)18-12-7-11(23-3)5-6-13(12)24-4/h5-8,18H,1-4H3. The molecule has 0 bridgehead atoms. The molecular formula is C16H17N3O5S2. The van der Waals surface area contributed by atoms with E-state index in [2.05, 4.69) is 9.71 Å². The van der Waals surface area contributed by atoms with Gasteiger partial charge in [0.05, 0.1) is 25.6 Å². The first-order valence-electron chi connectivity index (χ1n) is 7.51. The van der Waals surface area contributed by atoms with Gasteiger partial charge in [0, 0.05) is 17.1 Å². The van der Waals surface area contributed by atoms with Crippen LogP contribution in [0.3, 0.4) is 0 Å². The summed E-state index contributed by atoms with van der Waals surface area (Å²) in [6.45, 7) is 3.31. The van der Waals surface area contributed by atoms with E-state index < -0.39 is 20.5 Å². The van der Waals surface area contributed by atoms with E-state index in [9.17, 15) is 13.2 Å². The highest BCUT2D eigenvalue weighted by Crippen LogP contribution is 2.31. The summed E-state index contributed by atoms with van der Waals surface area (Å²) in [5.41, 5.74) is -0.352. The van der Waals surface area contributed by atoms with E-state index in [1.807, 2.05) is 6.92 Å². The molecule has 0 aliphatic heterocycles. The Kier molecular flexibility index (Phi) is 4.63. The number of hydrogen-bond acceptors (Lipinski definition) is 7. The number of benzene rings is 1. The summed E-state index contributed by atoms with van der Waals surface area (Å²) >= 11 is 1.31. The van der Waals surface area contributed by atoms with E-state index in [-0.39, 0.29) is 11.4 Å². The lowest BCUT2D eigenvalue weighted by Gasteiger charge is -2.13. The minimum atomic E-state index is -4.19. The lowest BCUT2D eigenvalue weighted by molar-refractivity contribution is 0.405. The Morgan fingerprint density at radius 3 is 2.58 bits per heavy atom. The number of fused-ring (bicyclic) bond motifs is 1. The third kappa shape index (κ3) is 3.13. The molecule has 3 aromatic rings. The van der Waals surface area contributed by atoms with Gasteiger partial charge in [-0.1, -0.05) is 0 Å². The molecule has 26 heavy (non-hydrogen) atoms. The molecule has 10 heteroatoms. The SMILES string of the molecule is COc1ccc(OC)c(NS(=O)(=O)c2c(C)nc3sc(C)cn3c2=O)c1. The molecule has 138 valence electrons. The van der Waals surface area contributed by atoms with E-state index in [0.29, 0.717) is 16.5 Å². The van der Waals surface area contributed by atoms with Crippen molar-refractivity contribution in [1.29, 1.82) is 0 Å². The molecule has 0 fully saturated rings. The number of aromatic nitrogens is 2. The number of methoxy groups -OCH3 is 2. The van der Waals surface area contributed by atoms with Gasteiger partial charge >= 0.3 is 0 Å². The van der Waals surface area contributed by atoms with Crippen molar-refractivity contribution in [3.05, 3.63) is 45.3 Å². The maximum Gasteiger partial charge on any atom is 0.279 e. The van der Waals surface area contributed by atoms with Crippen LogP contribution in [-0.2, 0) is 10.0 Å². The summed E-state index contributed by atoms with van der Waals surface area (Å²) in [7, 11) is -1.31. The normalized spacial score (nSPS) is 11.5. The summed E-state index contributed by atoms with van der Waals surface area (Å²) < 4.78 is 39.7. The van der Waals surface area contributed by atoms with Crippen LogP contribution in [0.4, 0.5) is 5.69 Å². The van der Waals surface area contributed by atoms with Crippen molar-refractivity contribution in [2.75, 3.05) is 18.9 Å². The molecule has 2 aromatic heterocycles. The first kappa shape index (κ1) is 18.2. The van der Waals surface area contributed by atoms with E-state index in [1.54, 1.807) is 18.3 Å². The molecule has 8 nitrogen and oxygen atoms in total. The first-order valence-corrected chi connectivity index (χ1v) is 9.81. The van der Waals surface area contributed by atoms with Gasteiger partial charge in [0.25, 0.3) is 15.6 Å². The molecule has 0 saturated heterocycles. The van der Waals surface area contributed by atoms with Gasteiger partial charge in [0.2, 0.25) is 0 Å². The van der Waals surface area contributed by atoms with E-state index >= 15 is 0 Å². The number of nitrogens with zero attached hydrogens (tertiary/aromatic N) is 2. The predicted molar refractivity (Wildman–Crippen MR) is 99.2 cm³/mol. The second-order valence-corrected chi connectivity index (χ2v) is 8.33. The third-order valence-electron chi connectivity index (χ3n) is 3.69. The molecule has 0 saturated carbocycles. The largest absolute Gasteiger partial charge is 0.497 e. The maximum atomic E-state index is 12.9. The number of rotatable bonds is 5. The molecule has 1 aromatic carbocycles. The van der Waals surface area contributed by atoms with Gasteiger partial charge in [-0.25, -0.2) is 13.4 Å². The zero-order valence-corrected chi connectivity index (χ0v) is 16.2. The Morgan fingerprint density at radius 2 is 1.92 bits per heavy atom. The Balaban J connectivity index is 2.15. The topological polar surface area (TPSA) is 99.0 Å². The minimum absolute atomic E-state index is 0.131. The number of sulfonamides is 1. The summed E-state index contributed by atoms with van der Waals surface area (Å²) in [6, 6.07) is 4.68. The van der Waals surface area contributed by atoms with Gasteiger partial charge in [0.1, 0.15) is 11.5 Å². The van der Waals surface area contributed by atoms with Crippen LogP contribution in [0, 0.1) is 13.8 Å². The van der Waals surface area contributed by atoms with Crippen molar-refractivity contribution >= 4 is 32.0 Å². The first-order chi connectivity index (χ1) is 12.3. The molecule has 0 aliphatic carbocycles. The van der Waals surface area contributed by atoms with Crippen LogP contribution in [0.2, 0.25) is 0 Å². The fourth-order valence-electron chi connectivity index (χ4n) is 2.54. The minimum Gasteiger partial charge on any atom is -0.497 e. The Labute approximate surface area is 154 Å². The van der Waals surface area contributed by atoms with Crippen LogP contribution >= 0.6 is 11.3 Å². The van der Waals surface area contributed by atoms with E-state index in [4.69, 9.17) is 9.47 Å². The van der Waals surface area contributed by atoms with Crippen LogP contribution < -0.4 is 19.8 Å². The number of ether oxygens (including phenoxy) is 2. The Morgan fingerprint density at radius 1 is 1.19 bits per heavy atom. The maximum absolute atomic E-state index is 12.9. The molecule has 0 spiro atoms. The van der Waals surface area contributed by atoms with Crippen molar-refractivity contribution in [2.24, 2.45) is 0 Å². The number of anilines is 1. The number of nitrogens with one attached hydrogen (secondary N) is 1. The second-order valence-electron chi connectivity index (χ2n) is 5.50. The fraction of sp³-hybridized carbons (Fsp3) is 0.250. The number of thiazole rings is 1. The van der Waals surface area contributed by atoms with Crippen molar-refractivity contribution in [1.82, 2.24) is 9.38 Å². The fourth-order valence-corrected chi connectivity index (χ4v) is 4.71. The number of hydrogen-bond donors (Lipinski definition) is 1. The Hall–Kier alpha value is -2.59. The molecule has 0 atom stereocenters. The van der Waals surface area contributed by atoms with Crippen molar-refractivity contribution < 1.29 is 17.9 Å². The van der Waals surface area contributed by atoms with Crippen LogP contribution in [0.15, 0.2) is 34.1 Å². The van der Waals surface area contributed by atoms with Crippen LogP contribution in [0.25, 0.3) is 4.96 Å². The molecule has 3 rings (SSSR count). The van der Waals surface area contributed by atoms with E-state index in [1.165, 1.54) is 42.9 Å².